The Kier molecular flexibility index (Phi) is 10.1. The summed E-state index contributed by atoms with van der Waals surface area (Å²) in [6.07, 6.45) is 6.69. The zero-order chi connectivity index (χ0) is 27.0. The second-order valence-electron chi connectivity index (χ2n) is 10.7. The van der Waals surface area contributed by atoms with Crippen molar-refractivity contribution in [2.75, 3.05) is 20.3 Å². The van der Waals surface area contributed by atoms with Crippen molar-refractivity contribution >= 4 is 10.8 Å². The first kappa shape index (κ1) is 28.4. The summed E-state index contributed by atoms with van der Waals surface area (Å²) >= 11 is 0. The molecule has 0 amide bonds. The number of halogens is 4. The van der Waals surface area contributed by atoms with E-state index < -0.39 is 12.8 Å². The van der Waals surface area contributed by atoms with Gasteiger partial charge in [0.05, 0.1) is 0 Å². The molecule has 4 rings (SSSR count). The topological polar surface area (TPSA) is 18.5 Å². The van der Waals surface area contributed by atoms with Gasteiger partial charge in [-0.3, -0.25) is 0 Å². The molecule has 6 heteroatoms. The first-order valence-electron chi connectivity index (χ1n) is 13.8. The number of hydrogen-bond acceptors (Lipinski definition) is 2. The highest BCUT2D eigenvalue weighted by atomic mass is 19.4. The fourth-order valence-electron chi connectivity index (χ4n) is 5.63. The summed E-state index contributed by atoms with van der Waals surface area (Å²) in [6, 6.07) is 16.4. The van der Waals surface area contributed by atoms with Crippen molar-refractivity contribution in [3.63, 3.8) is 0 Å². The van der Waals surface area contributed by atoms with Crippen LogP contribution in [0.15, 0.2) is 54.6 Å². The van der Waals surface area contributed by atoms with Gasteiger partial charge in [0.15, 0.2) is 6.61 Å². The Morgan fingerprint density at radius 3 is 2.16 bits per heavy atom. The summed E-state index contributed by atoms with van der Waals surface area (Å²) in [5.74, 6) is 1.63. The van der Waals surface area contributed by atoms with Crippen molar-refractivity contribution in [3.05, 3.63) is 77.1 Å². The molecule has 0 saturated heterocycles. The standard InChI is InChI=1S/C32H38F4O2/c1-37-20-2-3-23-4-6-24(7-5-23)8-9-26-13-19-30-28(21-26)16-15-27(31(30)33)14-10-25-11-17-29(18-12-25)38-22-32(34,35)36/h11-13,15-19,21,23-24H,2-10,14,20,22H2,1H3. The van der Waals surface area contributed by atoms with E-state index in [2.05, 4.69) is 12.1 Å². The van der Waals surface area contributed by atoms with E-state index in [1.54, 1.807) is 19.2 Å². The van der Waals surface area contributed by atoms with Gasteiger partial charge < -0.3 is 9.47 Å². The van der Waals surface area contributed by atoms with E-state index in [0.29, 0.717) is 23.8 Å². The van der Waals surface area contributed by atoms with Gasteiger partial charge in [0.2, 0.25) is 0 Å². The van der Waals surface area contributed by atoms with Gasteiger partial charge in [0, 0.05) is 19.1 Å². The smallest absolute Gasteiger partial charge is 0.422 e. The number of aryl methyl sites for hydroxylation is 3. The summed E-state index contributed by atoms with van der Waals surface area (Å²) in [4.78, 5) is 0. The molecule has 3 aromatic rings. The Bertz CT molecular complexity index is 1150. The number of hydrogen-bond donors (Lipinski definition) is 0. The number of methoxy groups -OCH3 is 1. The molecule has 0 N–H and O–H groups in total. The van der Waals surface area contributed by atoms with Gasteiger partial charge >= 0.3 is 6.18 Å². The number of alkyl halides is 3. The normalized spacial score (nSPS) is 18.1. The third-order valence-electron chi connectivity index (χ3n) is 7.88. The molecule has 2 nitrogen and oxygen atoms in total. The van der Waals surface area contributed by atoms with Crippen LogP contribution in [0.2, 0.25) is 0 Å². The van der Waals surface area contributed by atoms with Crippen LogP contribution in [0.25, 0.3) is 10.8 Å². The Hall–Kier alpha value is -2.60. The molecule has 0 spiro atoms. The van der Waals surface area contributed by atoms with E-state index >= 15 is 4.39 Å². The fraction of sp³-hybridized carbons (Fsp3) is 0.500. The van der Waals surface area contributed by atoms with Crippen LogP contribution in [0.5, 0.6) is 5.75 Å². The Balaban J connectivity index is 1.27. The minimum absolute atomic E-state index is 0.171. The van der Waals surface area contributed by atoms with Gasteiger partial charge in [-0.05, 0) is 84.6 Å². The largest absolute Gasteiger partial charge is 0.484 e. The van der Waals surface area contributed by atoms with Crippen molar-refractivity contribution in [2.45, 2.75) is 70.4 Å². The molecule has 0 atom stereocenters. The number of rotatable bonds is 12. The molecule has 0 unspecified atom stereocenters. The molecule has 1 saturated carbocycles. The van der Waals surface area contributed by atoms with E-state index in [4.69, 9.17) is 9.47 Å². The lowest BCUT2D eigenvalue weighted by molar-refractivity contribution is -0.153. The number of ether oxygens (including phenoxy) is 2. The average Bonchev–Trinajstić information content (AvgIpc) is 2.91. The van der Waals surface area contributed by atoms with Crippen LogP contribution in [0, 0.1) is 17.7 Å². The fourth-order valence-corrected chi connectivity index (χ4v) is 5.63. The van der Waals surface area contributed by atoms with Crippen LogP contribution in [0.1, 0.15) is 61.6 Å². The monoisotopic (exact) mass is 530 g/mol. The Morgan fingerprint density at radius 1 is 0.789 bits per heavy atom. The van der Waals surface area contributed by atoms with Crippen molar-refractivity contribution in [2.24, 2.45) is 11.8 Å². The highest BCUT2D eigenvalue weighted by Crippen LogP contribution is 2.34. The second kappa shape index (κ2) is 13.5. The van der Waals surface area contributed by atoms with Crippen molar-refractivity contribution in [1.29, 1.82) is 0 Å². The predicted molar refractivity (Wildman–Crippen MR) is 144 cm³/mol. The highest BCUT2D eigenvalue weighted by molar-refractivity contribution is 5.84. The van der Waals surface area contributed by atoms with Crippen LogP contribution in [-0.2, 0) is 24.0 Å². The molecule has 0 bridgehead atoms. The van der Waals surface area contributed by atoms with Gasteiger partial charge in [-0.25, -0.2) is 4.39 Å². The Morgan fingerprint density at radius 2 is 1.47 bits per heavy atom. The molecule has 38 heavy (non-hydrogen) atoms. The second-order valence-corrected chi connectivity index (χ2v) is 10.7. The molecule has 3 aromatic carbocycles. The summed E-state index contributed by atoms with van der Waals surface area (Å²) in [5.41, 5.74) is 2.83. The molecule has 0 aliphatic heterocycles. The van der Waals surface area contributed by atoms with Crippen molar-refractivity contribution in [1.82, 2.24) is 0 Å². The molecule has 0 aromatic heterocycles. The summed E-state index contributed by atoms with van der Waals surface area (Å²) in [7, 11) is 1.77. The summed E-state index contributed by atoms with van der Waals surface area (Å²) in [5, 5.41) is 1.57. The van der Waals surface area contributed by atoms with E-state index in [9.17, 15) is 13.2 Å². The quantitative estimate of drug-likeness (QED) is 0.172. The minimum Gasteiger partial charge on any atom is -0.484 e. The molecule has 206 valence electrons. The zero-order valence-corrected chi connectivity index (χ0v) is 22.2. The Labute approximate surface area is 223 Å². The minimum atomic E-state index is -4.36. The molecule has 0 radical (unpaired) electrons. The summed E-state index contributed by atoms with van der Waals surface area (Å²) < 4.78 is 62.1. The molecular weight excluding hydrogens is 492 g/mol. The zero-order valence-electron chi connectivity index (χ0n) is 22.2. The van der Waals surface area contributed by atoms with Crippen LogP contribution in [-0.4, -0.2) is 26.5 Å². The van der Waals surface area contributed by atoms with E-state index in [-0.39, 0.29) is 11.6 Å². The van der Waals surface area contributed by atoms with Gasteiger partial charge in [-0.15, -0.1) is 0 Å². The lowest BCUT2D eigenvalue weighted by Gasteiger charge is -2.28. The molecule has 0 heterocycles. The van der Waals surface area contributed by atoms with Gasteiger partial charge in [-0.2, -0.15) is 13.2 Å². The molecule has 1 aliphatic carbocycles. The van der Waals surface area contributed by atoms with Crippen LogP contribution >= 0.6 is 0 Å². The lowest BCUT2D eigenvalue weighted by Crippen LogP contribution is -2.19. The van der Waals surface area contributed by atoms with Gasteiger partial charge in [-0.1, -0.05) is 68.1 Å². The van der Waals surface area contributed by atoms with E-state index in [0.717, 1.165) is 42.2 Å². The third kappa shape index (κ3) is 8.45. The SMILES string of the molecule is COCCCC1CCC(CCc2ccc3c(F)c(CCc4ccc(OCC(F)(F)F)cc4)ccc3c2)CC1. The highest BCUT2D eigenvalue weighted by Gasteiger charge is 2.28. The van der Waals surface area contributed by atoms with Crippen LogP contribution in [0.4, 0.5) is 17.6 Å². The molecule has 1 fully saturated rings. The predicted octanol–water partition coefficient (Wildman–Crippen LogP) is 8.87. The lowest BCUT2D eigenvalue weighted by atomic mass is 9.78. The van der Waals surface area contributed by atoms with Crippen LogP contribution in [0.3, 0.4) is 0 Å². The van der Waals surface area contributed by atoms with Gasteiger partial charge in [0.25, 0.3) is 0 Å². The molecular formula is C32H38F4O2. The maximum absolute atomic E-state index is 15.3. The average molecular weight is 531 g/mol. The molecule has 1 aliphatic rings. The van der Waals surface area contributed by atoms with E-state index in [1.165, 1.54) is 56.2 Å². The van der Waals surface area contributed by atoms with Crippen molar-refractivity contribution < 1.29 is 27.0 Å². The van der Waals surface area contributed by atoms with Crippen LogP contribution < -0.4 is 4.74 Å². The van der Waals surface area contributed by atoms with Gasteiger partial charge in [0.1, 0.15) is 11.6 Å². The summed E-state index contributed by atoms with van der Waals surface area (Å²) in [6.45, 7) is -0.447. The number of fused-ring (bicyclic) bond motifs is 1. The van der Waals surface area contributed by atoms with Crippen molar-refractivity contribution in [3.8, 4) is 5.75 Å². The number of benzene rings is 3. The maximum Gasteiger partial charge on any atom is 0.422 e. The van der Waals surface area contributed by atoms with E-state index in [1.807, 2.05) is 18.2 Å². The first-order chi connectivity index (χ1) is 18.3. The third-order valence-corrected chi connectivity index (χ3v) is 7.88. The maximum atomic E-state index is 15.3. The first-order valence-corrected chi connectivity index (χ1v) is 13.8.